The maximum absolute atomic E-state index is 5.14. The fourth-order valence-corrected chi connectivity index (χ4v) is 4.20. The van der Waals surface area contributed by atoms with Gasteiger partial charge in [0.15, 0.2) is 0 Å². The first kappa shape index (κ1) is 16.6. The van der Waals surface area contributed by atoms with Crippen molar-refractivity contribution in [3.63, 3.8) is 0 Å². The number of rotatable bonds is 3. The van der Waals surface area contributed by atoms with Gasteiger partial charge in [0.05, 0.1) is 11.4 Å². The van der Waals surface area contributed by atoms with E-state index >= 15 is 0 Å². The van der Waals surface area contributed by atoms with Gasteiger partial charge in [-0.25, -0.2) is 4.68 Å². The van der Waals surface area contributed by atoms with Gasteiger partial charge in [0.2, 0.25) is 0 Å². The third-order valence-corrected chi connectivity index (χ3v) is 5.85. The molecule has 0 radical (unpaired) electrons. The Labute approximate surface area is 151 Å². The Kier molecular flexibility index (Phi) is 4.80. The molecule has 1 aromatic carbocycles. The third-order valence-electron chi connectivity index (χ3n) is 5.85. The summed E-state index contributed by atoms with van der Waals surface area (Å²) >= 11 is 0. The molecule has 0 saturated carbocycles. The Morgan fingerprint density at radius 1 is 1.12 bits per heavy atom. The zero-order valence-corrected chi connectivity index (χ0v) is 15.6. The summed E-state index contributed by atoms with van der Waals surface area (Å²) < 4.78 is 2.17. The molecule has 4 rings (SSSR count). The average molecular weight is 338 g/mol. The summed E-state index contributed by atoms with van der Waals surface area (Å²) in [6, 6.07) is 8.90. The van der Waals surface area contributed by atoms with Crippen LogP contribution in [0.3, 0.4) is 0 Å². The molecule has 1 fully saturated rings. The number of aromatic nitrogens is 2. The molecule has 1 saturated heterocycles. The number of hydrogen-bond donors (Lipinski definition) is 1. The second kappa shape index (κ2) is 7.20. The Bertz CT molecular complexity index is 708. The van der Waals surface area contributed by atoms with Gasteiger partial charge in [0, 0.05) is 18.0 Å². The second-order valence-electron chi connectivity index (χ2n) is 7.61. The molecule has 2 aromatic rings. The number of nitrogens with one attached hydrogen (secondary N) is 1. The highest BCUT2D eigenvalue weighted by atomic mass is 15.3. The summed E-state index contributed by atoms with van der Waals surface area (Å²) in [4.78, 5) is 2.44. The molecule has 2 aliphatic heterocycles. The molecular formula is C21H30N4. The van der Waals surface area contributed by atoms with Gasteiger partial charge in [-0.05, 0) is 76.4 Å². The van der Waals surface area contributed by atoms with Gasteiger partial charge in [-0.2, -0.15) is 5.10 Å². The number of likely N-dealkylation sites (tertiary alicyclic amines) is 1. The largest absolute Gasteiger partial charge is 0.370 e. The van der Waals surface area contributed by atoms with E-state index in [-0.39, 0.29) is 0 Å². The molecular weight excluding hydrogens is 308 g/mol. The zero-order chi connectivity index (χ0) is 17.2. The Balaban J connectivity index is 1.73. The van der Waals surface area contributed by atoms with Crippen molar-refractivity contribution in [2.24, 2.45) is 0 Å². The number of benzene rings is 1. The third kappa shape index (κ3) is 3.32. The van der Waals surface area contributed by atoms with E-state index < -0.39 is 0 Å². The van der Waals surface area contributed by atoms with Crippen molar-refractivity contribution in [1.29, 1.82) is 0 Å². The van der Waals surface area contributed by atoms with Crippen molar-refractivity contribution in [3.8, 4) is 5.69 Å². The minimum absolute atomic E-state index is 0.612. The van der Waals surface area contributed by atoms with E-state index in [9.17, 15) is 0 Å². The highest BCUT2D eigenvalue weighted by molar-refractivity contribution is 5.55. The summed E-state index contributed by atoms with van der Waals surface area (Å²) in [7, 11) is 2.23. The molecule has 25 heavy (non-hydrogen) atoms. The van der Waals surface area contributed by atoms with Crippen molar-refractivity contribution in [2.45, 2.75) is 51.4 Å². The van der Waals surface area contributed by atoms with Gasteiger partial charge in [0.1, 0.15) is 5.82 Å². The number of anilines is 1. The molecule has 0 aliphatic carbocycles. The molecule has 134 valence electrons. The van der Waals surface area contributed by atoms with E-state index in [2.05, 4.69) is 53.1 Å². The van der Waals surface area contributed by atoms with E-state index in [0.29, 0.717) is 5.92 Å². The average Bonchev–Trinajstić information content (AvgIpc) is 2.84. The van der Waals surface area contributed by atoms with E-state index in [1.165, 1.54) is 67.1 Å². The molecule has 0 spiro atoms. The van der Waals surface area contributed by atoms with Gasteiger partial charge in [-0.1, -0.05) is 19.1 Å². The van der Waals surface area contributed by atoms with Crippen molar-refractivity contribution in [1.82, 2.24) is 14.7 Å². The molecule has 0 bridgehead atoms. The minimum Gasteiger partial charge on any atom is -0.370 e. The number of aryl methyl sites for hydroxylation is 1. The fraction of sp³-hybridized carbons (Fsp3) is 0.571. The predicted octanol–water partition coefficient (Wildman–Crippen LogP) is 3.99. The van der Waals surface area contributed by atoms with Gasteiger partial charge >= 0.3 is 0 Å². The van der Waals surface area contributed by atoms with E-state index in [1.807, 2.05) is 0 Å². The number of nitrogens with zero attached hydrogens (tertiary/aromatic N) is 3. The first-order valence-corrected chi connectivity index (χ1v) is 9.89. The maximum atomic E-state index is 5.14. The van der Waals surface area contributed by atoms with Crippen LogP contribution in [0.1, 0.15) is 55.3 Å². The summed E-state index contributed by atoms with van der Waals surface area (Å²) in [6.45, 7) is 5.63. The minimum atomic E-state index is 0.612. The molecule has 1 aromatic heterocycles. The highest BCUT2D eigenvalue weighted by Gasteiger charge is 2.28. The summed E-state index contributed by atoms with van der Waals surface area (Å²) in [6.07, 6.45) is 7.22. The van der Waals surface area contributed by atoms with E-state index in [1.54, 1.807) is 0 Å². The topological polar surface area (TPSA) is 33.1 Å². The molecule has 4 nitrogen and oxygen atoms in total. The smallest absolute Gasteiger partial charge is 0.133 e. The van der Waals surface area contributed by atoms with Crippen LogP contribution in [0.2, 0.25) is 0 Å². The Hall–Kier alpha value is -1.81. The molecule has 0 unspecified atom stereocenters. The zero-order valence-electron chi connectivity index (χ0n) is 15.6. The molecule has 0 atom stereocenters. The SMILES string of the molecule is CCc1ccc(-n2nc(C3CCN(C)CC3)c3c2NCCCC3)cc1. The maximum Gasteiger partial charge on any atom is 0.133 e. The monoisotopic (exact) mass is 338 g/mol. The predicted molar refractivity (Wildman–Crippen MR) is 104 cm³/mol. The normalized spacial score (nSPS) is 19.3. The summed E-state index contributed by atoms with van der Waals surface area (Å²) in [5, 5.41) is 8.82. The van der Waals surface area contributed by atoms with Crippen LogP contribution in [-0.2, 0) is 12.8 Å². The van der Waals surface area contributed by atoms with Crippen LogP contribution in [0.25, 0.3) is 5.69 Å². The molecule has 3 heterocycles. The van der Waals surface area contributed by atoms with Crippen LogP contribution < -0.4 is 5.32 Å². The van der Waals surface area contributed by atoms with Crippen molar-refractivity contribution >= 4 is 5.82 Å². The van der Waals surface area contributed by atoms with Crippen molar-refractivity contribution in [2.75, 3.05) is 32.0 Å². The van der Waals surface area contributed by atoms with Crippen LogP contribution >= 0.6 is 0 Å². The quantitative estimate of drug-likeness (QED) is 0.918. The highest BCUT2D eigenvalue weighted by Crippen LogP contribution is 2.36. The van der Waals surface area contributed by atoms with Gasteiger partial charge in [0.25, 0.3) is 0 Å². The standard InChI is InChI=1S/C21H30N4/c1-3-16-7-9-18(10-8-16)25-21-19(6-4-5-13-22-21)20(23-25)17-11-14-24(2)15-12-17/h7-10,17,22H,3-6,11-15H2,1-2H3. The van der Waals surface area contributed by atoms with Crippen LogP contribution in [0.4, 0.5) is 5.82 Å². The second-order valence-corrected chi connectivity index (χ2v) is 7.61. The Morgan fingerprint density at radius 3 is 2.60 bits per heavy atom. The van der Waals surface area contributed by atoms with Crippen LogP contribution in [0, 0.1) is 0 Å². The molecule has 0 amide bonds. The van der Waals surface area contributed by atoms with Crippen LogP contribution in [-0.4, -0.2) is 41.4 Å². The van der Waals surface area contributed by atoms with Crippen LogP contribution in [0.5, 0.6) is 0 Å². The number of hydrogen-bond acceptors (Lipinski definition) is 3. The lowest BCUT2D eigenvalue weighted by molar-refractivity contribution is 0.252. The molecule has 2 aliphatic rings. The lowest BCUT2D eigenvalue weighted by Crippen LogP contribution is -2.29. The number of piperidine rings is 1. The lowest BCUT2D eigenvalue weighted by atomic mass is 9.90. The fourth-order valence-electron chi connectivity index (χ4n) is 4.20. The van der Waals surface area contributed by atoms with Crippen molar-refractivity contribution in [3.05, 3.63) is 41.1 Å². The van der Waals surface area contributed by atoms with Gasteiger partial charge < -0.3 is 10.2 Å². The van der Waals surface area contributed by atoms with E-state index in [4.69, 9.17) is 5.10 Å². The summed E-state index contributed by atoms with van der Waals surface area (Å²) in [5.41, 5.74) is 5.40. The van der Waals surface area contributed by atoms with Crippen LogP contribution in [0.15, 0.2) is 24.3 Å². The number of fused-ring (bicyclic) bond motifs is 1. The Morgan fingerprint density at radius 2 is 1.88 bits per heavy atom. The first-order valence-electron chi connectivity index (χ1n) is 9.89. The first-order chi connectivity index (χ1) is 12.3. The molecule has 1 N–H and O–H groups in total. The van der Waals surface area contributed by atoms with Gasteiger partial charge in [-0.15, -0.1) is 0 Å². The summed E-state index contributed by atoms with van der Waals surface area (Å²) in [5.74, 6) is 1.86. The van der Waals surface area contributed by atoms with E-state index in [0.717, 1.165) is 19.4 Å². The van der Waals surface area contributed by atoms with Gasteiger partial charge in [-0.3, -0.25) is 0 Å². The lowest BCUT2D eigenvalue weighted by Gasteiger charge is -2.28. The molecule has 4 heteroatoms. The van der Waals surface area contributed by atoms with Crippen molar-refractivity contribution < 1.29 is 0 Å².